The molecule has 1 heterocycles. The van der Waals surface area contributed by atoms with Gasteiger partial charge in [0.2, 0.25) is 0 Å². The van der Waals surface area contributed by atoms with Crippen LogP contribution in [-0.2, 0) is 11.3 Å². The van der Waals surface area contributed by atoms with Gasteiger partial charge < -0.3 is 24.8 Å². The Balaban J connectivity index is 1.59. The molecule has 0 spiro atoms. The summed E-state index contributed by atoms with van der Waals surface area (Å²) in [5, 5.41) is 12.7. The number of nitrogens with zero attached hydrogens (tertiary/aromatic N) is 1. The predicted octanol–water partition coefficient (Wildman–Crippen LogP) is 2.58. The number of hydrogen-bond donors (Lipinski definition) is 2. The third-order valence-corrected chi connectivity index (χ3v) is 4.81. The highest BCUT2D eigenvalue weighted by atomic mass is 16.5. The molecule has 0 saturated carbocycles. The number of phenols is 1. The molecule has 2 amide bonds. The van der Waals surface area contributed by atoms with E-state index >= 15 is 0 Å². The predicted molar refractivity (Wildman–Crippen MR) is 108 cm³/mol. The summed E-state index contributed by atoms with van der Waals surface area (Å²) in [6.07, 6.45) is 0.0399. The molecule has 0 radical (unpaired) electrons. The van der Waals surface area contributed by atoms with Gasteiger partial charge in [0.1, 0.15) is 11.5 Å². The standard InChI is InChI=1S/C22H26N2O5/c1-14-12-24(13-15(2)29-14)22(27)17-6-4-16(5-7-17)11-23-21(26)19-9-8-18(28-3)10-20(19)25/h4-10,14-15,25H,11-13H2,1-3H3,(H,23,26). The van der Waals surface area contributed by atoms with Gasteiger partial charge in [0.25, 0.3) is 11.8 Å². The van der Waals surface area contributed by atoms with Crippen LogP contribution in [-0.4, -0.2) is 54.2 Å². The number of benzene rings is 2. The smallest absolute Gasteiger partial charge is 0.255 e. The molecule has 0 aromatic heterocycles. The van der Waals surface area contributed by atoms with Gasteiger partial charge in [0, 0.05) is 31.3 Å². The summed E-state index contributed by atoms with van der Waals surface area (Å²) >= 11 is 0. The van der Waals surface area contributed by atoms with Crippen LogP contribution in [0, 0.1) is 0 Å². The highest BCUT2D eigenvalue weighted by Gasteiger charge is 2.26. The van der Waals surface area contributed by atoms with Gasteiger partial charge in [-0.1, -0.05) is 12.1 Å². The molecule has 3 rings (SSSR count). The lowest BCUT2D eigenvalue weighted by Crippen LogP contribution is -2.48. The van der Waals surface area contributed by atoms with Gasteiger partial charge in [-0.15, -0.1) is 0 Å². The maximum absolute atomic E-state index is 12.7. The fourth-order valence-corrected chi connectivity index (χ4v) is 3.40. The Morgan fingerprint density at radius 1 is 1.14 bits per heavy atom. The molecule has 2 unspecified atom stereocenters. The Labute approximate surface area is 170 Å². The number of ether oxygens (including phenoxy) is 2. The summed E-state index contributed by atoms with van der Waals surface area (Å²) in [5.74, 6) is -0.0764. The van der Waals surface area contributed by atoms with E-state index in [4.69, 9.17) is 9.47 Å². The van der Waals surface area contributed by atoms with Gasteiger partial charge in [0.15, 0.2) is 0 Å². The van der Waals surface area contributed by atoms with Crippen LogP contribution in [0.3, 0.4) is 0 Å². The number of nitrogens with one attached hydrogen (secondary N) is 1. The van der Waals surface area contributed by atoms with Crippen LogP contribution >= 0.6 is 0 Å². The molecule has 29 heavy (non-hydrogen) atoms. The fraction of sp³-hybridized carbons (Fsp3) is 0.364. The normalized spacial score (nSPS) is 18.9. The van der Waals surface area contributed by atoms with Crippen molar-refractivity contribution in [2.24, 2.45) is 0 Å². The van der Waals surface area contributed by atoms with Crippen molar-refractivity contribution in [3.8, 4) is 11.5 Å². The lowest BCUT2D eigenvalue weighted by Gasteiger charge is -2.35. The lowest BCUT2D eigenvalue weighted by molar-refractivity contribution is -0.0586. The van der Waals surface area contributed by atoms with Gasteiger partial charge in [0.05, 0.1) is 24.9 Å². The van der Waals surface area contributed by atoms with Gasteiger partial charge >= 0.3 is 0 Å². The first-order valence-electron chi connectivity index (χ1n) is 9.56. The number of amides is 2. The Hall–Kier alpha value is -3.06. The zero-order chi connectivity index (χ0) is 21.0. The van der Waals surface area contributed by atoms with E-state index in [1.807, 2.05) is 30.9 Å². The van der Waals surface area contributed by atoms with Gasteiger partial charge in [-0.2, -0.15) is 0 Å². The van der Waals surface area contributed by atoms with E-state index in [-0.39, 0.29) is 41.9 Å². The third-order valence-electron chi connectivity index (χ3n) is 4.81. The fourth-order valence-electron chi connectivity index (χ4n) is 3.40. The first kappa shape index (κ1) is 20.7. The summed E-state index contributed by atoms with van der Waals surface area (Å²) in [5.41, 5.74) is 1.63. The molecule has 2 atom stereocenters. The van der Waals surface area contributed by atoms with Crippen LogP contribution in [0.1, 0.15) is 40.1 Å². The Morgan fingerprint density at radius 2 is 1.79 bits per heavy atom. The maximum atomic E-state index is 12.7. The van der Waals surface area contributed by atoms with Crippen LogP contribution in [0.25, 0.3) is 0 Å². The van der Waals surface area contributed by atoms with Crippen molar-refractivity contribution >= 4 is 11.8 Å². The first-order chi connectivity index (χ1) is 13.9. The van der Waals surface area contributed by atoms with Crippen LogP contribution in [0.15, 0.2) is 42.5 Å². The van der Waals surface area contributed by atoms with Crippen molar-refractivity contribution in [3.63, 3.8) is 0 Å². The number of carbonyl (C=O) groups is 2. The topological polar surface area (TPSA) is 88.1 Å². The van der Waals surface area contributed by atoms with E-state index in [0.717, 1.165) is 5.56 Å². The molecular formula is C22H26N2O5. The second-order valence-electron chi connectivity index (χ2n) is 7.23. The molecule has 154 valence electrons. The van der Waals surface area contributed by atoms with Crippen LogP contribution in [0.4, 0.5) is 0 Å². The monoisotopic (exact) mass is 398 g/mol. The lowest BCUT2D eigenvalue weighted by atomic mass is 10.1. The van der Waals surface area contributed by atoms with E-state index in [9.17, 15) is 14.7 Å². The highest BCUT2D eigenvalue weighted by molar-refractivity contribution is 5.97. The summed E-state index contributed by atoms with van der Waals surface area (Å²) in [6, 6.07) is 11.7. The van der Waals surface area contributed by atoms with Crippen molar-refractivity contribution in [2.45, 2.75) is 32.6 Å². The largest absolute Gasteiger partial charge is 0.507 e. The Bertz CT molecular complexity index is 871. The van der Waals surface area contributed by atoms with Crippen LogP contribution < -0.4 is 10.1 Å². The molecule has 2 aromatic carbocycles. The number of morpholine rings is 1. The number of aromatic hydroxyl groups is 1. The highest BCUT2D eigenvalue weighted by Crippen LogP contribution is 2.23. The molecule has 7 heteroatoms. The van der Waals surface area contributed by atoms with Crippen molar-refractivity contribution in [1.29, 1.82) is 0 Å². The van der Waals surface area contributed by atoms with E-state index < -0.39 is 0 Å². The molecule has 2 N–H and O–H groups in total. The first-order valence-corrected chi connectivity index (χ1v) is 9.56. The molecule has 1 aliphatic heterocycles. The Morgan fingerprint density at radius 3 is 2.38 bits per heavy atom. The quantitative estimate of drug-likeness (QED) is 0.808. The minimum Gasteiger partial charge on any atom is -0.507 e. The van der Waals surface area contributed by atoms with Crippen LogP contribution in [0.5, 0.6) is 11.5 Å². The number of hydrogen-bond acceptors (Lipinski definition) is 5. The molecular weight excluding hydrogens is 372 g/mol. The zero-order valence-corrected chi connectivity index (χ0v) is 16.8. The second-order valence-corrected chi connectivity index (χ2v) is 7.23. The SMILES string of the molecule is COc1ccc(C(=O)NCc2ccc(C(=O)N3CC(C)OC(C)C3)cc2)c(O)c1. The van der Waals surface area contributed by atoms with E-state index in [0.29, 0.717) is 24.4 Å². The third kappa shape index (κ3) is 5.06. The van der Waals surface area contributed by atoms with E-state index in [1.165, 1.54) is 19.2 Å². The molecule has 7 nitrogen and oxygen atoms in total. The number of methoxy groups -OCH3 is 1. The van der Waals surface area contributed by atoms with Crippen molar-refractivity contribution in [2.75, 3.05) is 20.2 Å². The van der Waals surface area contributed by atoms with E-state index in [1.54, 1.807) is 18.2 Å². The number of rotatable bonds is 5. The van der Waals surface area contributed by atoms with Crippen LogP contribution in [0.2, 0.25) is 0 Å². The molecule has 1 fully saturated rings. The second kappa shape index (κ2) is 8.96. The minimum atomic E-state index is -0.387. The van der Waals surface area contributed by atoms with E-state index in [2.05, 4.69) is 5.32 Å². The Kier molecular flexibility index (Phi) is 6.39. The maximum Gasteiger partial charge on any atom is 0.255 e. The average molecular weight is 398 g/mol. The minimum absolute atomic E-state index is 0.0200. The van der Waals surface area contributed by atoms with Gasteiger partial charge in [-0.05, 0) is 43.7 Å². The molecule has 2 aromatic rings. The summed E-state index contributed by atoms with van der Waals surface area (Å²) in [7, 11) is 1.49. The zero-order valence-electron chi connectivity index (χ0n) is 16.8. The molecule has 1 saturated heterocycles. The van der Waals surface area contributed by atoms with Gasteiger partial charge in [-0.25, -0.2) is 0 Å². The van der Waals surface area contributed by atoms with Crippen molar-refractivity contribution in [1.82, 2.24) is 10.2 Å². The van der Waals surface area contributed by atoms with Crippen molar-refractivity contribution < 1.29 is 24.2 Å². The average Bonchev–Trinajstić information content (AvgIpc) is 2.71. The summed E-state index contributed by atoms with van der Waals surface area (Å²) in [4.78, 5) is 26.8. The summed E-state index contributed by atoms with van der Waals surface area (Å²) in [6.45, 7) is 5.35. The molecule has 1 aliphatic rings. The number of carbonyl (C=O) groups excluding carboxylic acids is 2. The summed E-state index contributed by atoms with van der Waals surface area (Å²) < 4.78 is 10.7. The van der Waals surface area contributed by atoms with Gasteiger partial charge in [-0.3, -0.25) is 9.59 Å². The molecule has 0 bridgehead atoms. The van der Waals surface area contributed by atoms with Crippen molar-refractivity contribution in [3.05, 3.63) is 59.2 Å². The molecule has 0 aliphatic carbocycles. The number of phenolic OH excluding ortho intramolecular Hbond substituents is 1.